The minimum atomic E-state index is -0.659. The number of ether oxygens (including phenoxy) is 1. The third-order valence-electron chi connectivity index (χ3n) is 3.15. The highest BCUT2D eigenvalue weighted by Gasteiger charge is 2.33. The number of nitrogens with zero attached hydrogens (tertiary/aromatic N) is 1. The average molecular weight is 256 g/mol. The van der Waals surface area contributed by atoms with E-state index < -0.39 is 11.6 Å². The zero-order valence-corrected chi connectivity index (χ0v) is 11.0. The lowest BCUT2D eigenvalue weighted by Crippen LogP contribution is -2.27. The molecule has 0 aliphatic carbocycles. The molecule has 1 aromatic carbocycles. The van der Waals surface area contributed by atoms with Crippen LogP contribution in [0.2, 0.25) is 0 Å². The molecule has 0 radical (unpaired) electrons. The normalized spacial score (nSPS) is 23.3. The highest BCUT2D eigenvalue weighted by atomic mass is 16.5. The van der Waals surface area contributed by atoms with Crippen LogP contribution in [0.25, 0.3) is 0 Å². The summed E-state index contributed by atoms with van der Waals surface area (Å²) in [6.07, 6.45) is 5.47. The number of carbonyl (C=O) groups is 1. The first kappa shape index (κ1) is 13.2. The van der Waals surface area contributed by atoms with Crippen LogP contribution in [0.5, 0.6) is 0 Å². The van der Waals surface area contributed by atoms with Crippen LogP contribution in [0.15, 0.2) is 35.3 Å². The molecule has 1 aliphatic heterocycles. The van der Waals surface area contributed by atoms with Gasteiger partial charge in [0.15, 0.2) is 0 Å². The van der Waals surface area contributed by atoms with E-state index in [1.54, 1.807) is 0 Å². The predicted octanol–water partition coefficient (Wildman–Crippen LogP) is 2.03. The number of hydrogen-bond acceptors (Lipinski definition) is 3. The lowest BCUT2D eigenvalue weighted by atomic mass is 10.0. The molecule has 1 amide bonds. The van der Waals surface area contributed by atoms with Crippen LogP contribution in [0.3, 0.4) is 0 Å². The Labute approximate surface area is 112 Å². The van der Waals surface area contributed by atoms with E-state index in [9.17, 15) is 4.79 Å². The van der Waals surface area contributed by atoms with E-state index in [4.69, 9.17) is 11.2 Å². The van der Waals surface area contributed by atoms with E-state index in [0.717, 1.165) is 5.56 Å². The molecule has 4 nitrogen and oxygen atoms in total. The summed E-state index contributed by atoms with van der Waals surface area (Å²) in [5, 5.41) is 2.62. The van der Waals surface area contributed by atoms with Gasteiger partial charge < -0.3 is 4.74 Å². The Hall–Kier alpha value is -2.28. The second-order valence-corrected chi connectivity index (χ2v) is 4.59. The van der Waals surface area contributed by atoms with Crippen molar-refractivity contribution in [2.45, 2.75) is 31.9 Å². The highest BCUT2D eigenvalue weighted by molar-refractivity contribution is 6.02. The van der Waals surface area contributed by atoms with E-state index >= 15 is 0 Å². The number of terminal acetylenes is 1. The number of amidine groups is 1. The van der Waals surface area contributed by atoms with Gasteiger partial charge in [0.1, 0.15) is 5.54 Å². The van der Waals surface area contributed by atoms with Gasteiger partial charge in [0, 0.05) is 5.56 Å². The van der Waals surface area contributed by atoms with Gasteiger partial charge >= 0.3 is 0 Å². The third kappa shape index (κ3) is 2.76. The van der Waals surface area contributed by atoms with Crippen LogP contribution in [-0.4, -0.2) is 17.5 Å². The molecule has 4 heteroatoms. The van der Waals surface area contributed by atoms with Crippen LogP contribution < -0.4 is 5.32 Å². The largest absolute Gasteiger partial charge is 0.447 e. The standard InChI is InChI=1S/C15H16N2O2/c1-4-15(3,5-2)17-14-16-13(18)12(19-14)11-9-7-6-8-10-11/h1,6-10,12H,5H2,2-3H3,(H,16,17,18). The van der Waals surface area contributed by atoms with Crippen LogP contribution in [0.4, 0.5) is 0 Å². The molecule has 1 heterocycles. The number of rotatable bonds is 3. The molecule has 1 aliphatic rings. The summed E-state index contributed by atoms with van der Waals surface area (Å²) in [6, 6.07) is 9.48. The molecule has 0 bridgehead atoms. The number of amides is 1. The molecule has 1 N–H and O–H groups in total. The molecule has 0 aromatic heterocycles. The highest BCUT2D eigenvalue weighted by Crippen LogP contribution is 2.23. The summed E-state index contributed by atoms with van der Waals surface area (Å²) < 4.78 is 5.55. The maximum Gasteiger partial charge on any atom is 0.294 e. The van der Waals surface area contributed by atoms with Crippen molar-refractivity contribution in [3.8, 4) is 12.3 Å². The van der Waals surface area contributed by atoms with Gasteiger partial charge in [-0.15, -0.1) is 6.42 Å². The van der Waals surface area contributed by atoms with E-state index in [2.05, 4.69) is 16.2 Å². The van der Waals surface area contributed by atoms with Crippen molar-refractivity contribution in [1.82, 2.24) is 5.32 Å². The second kappa shape index (κ2) is 5.15. The molecule has 0 spiro atoms. The van der Waals surface area contributed by atoms with Crippen molar-refractivity contribution in [3.05, 3.63) is 35.9 Å². The van der Waals surface area contributed by atoms with E-state index in [0.29, 0.717) is 6.42 Å². The van der Waals surface area contributed by atoms with Crippen molar-refractivity contribution in [1.29, 1.82) is 0 Å². The fraction of sp³-hybridized carbons (Fsp3) is 0.333. The molecule has 2 rings (SSSR count). The number of nitrogens with one attached hydrogen (secondary N) is 1. The first-order valence-electron chi connectivity index (χ1n) is 6.18. The maximum absolute atomic E-state index is 11.9. The van der Waals surface area contributed by atoms with Crippen molar-refractivity contribution in [3.63, 3.8) is 0 Å². The van der Waals surface area contributed by atoms with Crippen LogP contribution >= 0.6 is 0 Å². The van der Waals surface area contributed by atoms with Crippen molar-refractivity contribution in [2.24, 2.45) is 4.99 Å². The summed E-state index contributed by atoms with van der Waals surface area (Å²) in [6.45, 7) is 3.76. The molecular weight excluding hydrogens is 240 g/mol. The van der Waals surface area contributed by atoms with Crippen LogP contribution in [0, 0.1) is 12.3 Å². The third-order valence-corrected chi connectivity index (χ3v) is 3.15. The molecule has 2 atom stereocenters. The Balaban J connectivity index is 2.21. The fourth-order valence-corrected chi connectivity index (χ4v) is 1.70. The average Bonchev–Trinajstić information content (AvgIpc) is 2.80. The minimum absolute atomic E-state index is 0.196. The van der Waals surface area contributed by atoms with Gasteiger partial charge in [0.2, 0.25) is 6.10 Å². The monoisotopic (exact) mass is 256 g/mol. The van der Waals surface area contributed by atoms with Gasteiger partial charge in [0.25, 0.3) is 11.9 Å². The number of hydrogen-bond donors (Lipinski definition) is 1. The van der Waals surface area contributed by atoms with E-state index in [1.165, 1.54) is 0 Å². The molecule has 0 saturated carbocycles. The SMILES string of the molecule is C#CC(C)(CC)N=C1NC(=O)C(c2ccccc2)O1. The lowest BCUT2D eigenvalue weighted by Gasteiger charge is -2.16. The number of carbonyl (C=O) groups excluding carboxylic acids is 1. The molecule has 2 unspecified atom stereocenters. The second-order valence-electron chi connectivity index (χ2n) is 4.59. The Bertz CT molecular complexity index is 545. The molecule has 19 heavy (non-hydrogen) atoms. The molecule has 1 saturated heterocycles. The Morgan fingerprint density at radius 1 is 1.47 bits per heavy atom. The summed E-state index contributed by atoms with van der Waals surface area (Å²) in [5.41, 5.74) is 0.137. The summed E-state index contributed by atoms with van der Waals surface area (Å²) in [5.74, 6) is 2.38. The van der Waals surface area contributed by atoms with Crippen molar-refractivity contribution < 1.29 is 9.53 Å². The van der Waals surface area contributed by atoms with Crippen molar-refractivity contribution in [2.75, 3.05) is 0 Å². The van der Waals surface area contributed by atoms with Gasteiger partial charge in [-0.05, 0) is 13.3 Å². The Kier molecular flexibility index (Phi) is 3.57. The summed E-state index contributed by atoms with van der Waals surface area (Å²) in [7, 11) is 0. The topological polar surface area (TPSA) is 50.7 Å². The fourth-order valence-electron chi connectivity index (χ4n) is 1.70. The first-order valence-corrected chi connectivity index (χ1v) is 6.18. The van der Waals surface area contributed by atoms with Gasteiger partial charge in [-0.1, -0.05) is 43.2 Å². The van der Waals surface area contributed by atoms with Gasteiger partial charge in [-0.25, -0.2) is 4.99 Å². The predicted molar refractivity (Wildman–Crippen MR) is 73.4 cm³/mol. The zero-order valence-electron chi connectivity index (χ0n) is 11.0. The summed E-state index contributed by atoms with van der Waals surface area (Å²) >= 11 is 0. The van der Waals surface area contributed by atoms with Gasteiger partial charge in [0.05, 0.1) is 0 Å². The van der Waals surface area contributed by atoms with Crippen LogP contribution in [0.1, 0.15) is 31.9 Å². The van der Waals surface area contributed by atoms with E-state index in [1.807, 2.05) is 44.2 Å². The number of aliphatic imine (C=N–C) groups is 1. The van der Waals surface area contributed by atoms with Crippen molar-refractivity contribution >= 4 is 11.9 Å². The Morgan fingerprint density at radius 3 is 2.74 bits per heavy atom. The van der Waals surface area contributed by atoms with Gasteiger partial charge in [-0.3, -0.25) is 10.1 Å². The smallest absolute Gasteiger partial charge is 0.294 e. The lowest BCUT2D eigenvalue weighted by molar-refractivity contribution is -0.123. The Morgan fingerprint density at radius 2 is 2.16 bits per heavy atom. The van der Waals surface area contributed by atoms with Crippen LogP contribution in [-0.2, 0) is 9.53 Å². The summed E-state index contributed by atoms with van der Waals surface area (Å²) in [4.78, 5) is 16.2. The molecular formula is C15H16N2O2. The number of benzene rings is 1. The van der Waals surface area contributed by atoms with Gasteiger partial charge in [-0.2, -0.15) is 0 Å². The minimum Gasteiger partial charge on any atom is -0.447 e. The molecule has 1 fully saturated rings. The maximum atomic E-state index is 11.9. The molecule has 98 valence electrons. The zero-order chi connectivity index (χ0) is 13.9. The van der Waals surface area contributed by atoms with E-state index in [-0.39, 0.29) is 11.9 Å². The molecule has 1 aromatic rings. The quantitative estimate of drug-likeness (QED) is 0.841. The first-order chi connectivity index (χ1) is 9.08.